The van der Waals surface area contributed by atoms with Gasteiger partial charge in [-0.1, -0.05) is 19.8 Å². The molecule has 1 saturated heterocycles. The minimum atomic E-state index is -0.403. The maximum atomic E-state index is 12.4. The summed E-state index contributed by atoms with van der Waals surface area (Å²) in [5.74, 6) is 0.416. The molecule has 0 aromatic rings. The van der Waals surface area contributed by atoms with Crippen LogP contribution < -0.4 is 0 Å². The Morgan fingerprint density at radius 1 is 1.41 bits per heavy atom. The Balaban J connectivity index is 2.05. The van der Waals surface area contributed by atoms with E-state index in [1.165, 1.54) is 19.3 Å². The van der Waals surface area contributed by atoms with Gasteiger partial charge in [-0.2, -0.15) is 5.26 Å². The first kappa shape index (κ1) is 12.4. The molecule has 0 bridgehead atoms. The summed E-state index contributed by atoms with van der Waals surface area (Å²) >= 11 is 0. The van der Waals surface area contributed by atoms with Crippen LogP contribution in [0.3, 0.4) is 0 Å². The molecular formula is C14H22N2O. The molecule has 2 fully saturated rings. The first-order valence-electron chi connectivity index (χ1n) is 6.98. The highest BCUT2D eigenvalue weighted by Crippen LogP contribution is 2.37. The van der Waals surface area contributed by atoms with E-state index in [4.69, 9.17) is 5.26 Å². The van der Waals surface area contributed by atoms with Gasteiger partial charge in [-0.15, -0.1) is 0 Å². The third-order valence-electron chi connectivity index (χ3n) is 4.31. The molecule has 3 nitrogen and oxygen atoms in total. The van der Waals surface area contributed by atoms with Crippen molar-refractivity contribution in [2.24, 2.45) is 11.8 Å². The minimum Gasteiger partial charge on any atom is -0.338 e. The van der Waals surface area contributed by atoms with Crippen LogP contribution in [0.25, 0.3) is 0 Å². The number of nitrogens with zero attached hydrogens (tertiary/aromatic N) is 2. The first-order chi connectivity index (χ1) is 8.27. The van der Waals surface area contributed by atoms with Crippen molar-refractivity contribution in [2.75, 3.05) is 6.54 Å². The van der Waals surface area contributed by atoms with E-state index in [-0.39, 0.29) is 5.91 Å². The number of piperidine rings is 1. The second kappa shape index (κ2) is 5.53. The van der Waals surface area contributed by atoms with Gasteiger partial charge >= 0.3 is 0 Å². The molecule has 1 heterocycles. The van der Waals surface area contributed by atoms with Gasteiger partial charge < -0.3 is 4.90 Å². The second-order valence-corrected chi connectivity index (χ2v) is 5.40. The lowest BCUT2D eigenvalue weighted by molar-refractivity contribution is -0.138. The Morgan fingerprint density at radius 3 is 2.88 bits per heavy atom. The summed E-state index contributed by atoms with van der Waals surface area (Å²) < 4.78 is 0. The van der Waals surface area contributed by atoms with Crippen LogP contribution in [0.2, 0.25) is 0 Å². The van der Waals surface area contributed by atoms with Crippen molar-refractivity contribution < 1.29 is 4.79 Å². The molecule has 0 aromatic carbocycles. The second-order valence-electron chi connectivity index (χ2n) is 5.40. The lowest BCUT2D eigenvalue weighted by Crippen LogP contribution is -2.48. The molecule has 0 spiro atoms. The van der Waals surface area contributed by atoms with Gasteiger partial charge in [0.15, 0.2) is 0 Å². The first-order valence-corrected chi connectivity index (χ1v) is 6.98. The molecule has 1 amide bonds. The van der Waals surface area contributed by atoms with E-state index in [0.717, 1.165) is 25.8 Å². The van der Waals surface area contributed by atoms with E-state index in [1.807, 2.05) is 11.8 Å². The highest BCUT2D eigenvalue weighted by atomic mass is 16.2. The standard InChI is InChI=1S/C14H22N2O/c1-2-5-12(10-15)14(17)16-9-4-7-11-6-3-8-13(11)16/h11-13H,2-9H2,1H3. The number of carbonyl (C=O) groups excluding carboxylic acids is 1. The summed E-state index contributed by atoms with van der Waals surface area (Å²) in [4.78, 5) is 14.4. The number of rotatable bonds is 3. The number of likely N-dealkylation sites (tertiary alicyclic amines) is 1. The van der Waals surface area contributed by atoms with Crippen LogP contribution in [-0.2, 0) is 4.79 Å². The zero-order valence-electron chi connectivity index (χ0n) is 10.7. The van der Waals surface area contributed by atoms with Crippen LogP contribution in [0.1, 0.15) is 51.9 Å². The lowest BCUT2D eigenvalue weighted by atomic mass is 9.90. The van der Waals surface area contributed by atoms with E-state index >= 15 is 0 Å². The zero-order chi connectivity index (χ0) is 12.3. The zero-order valence-corrected chi connectivity index (χ0v) is 10.7. The van der Waals surface area contributed by atoms with Crippen molar-refractivity contribution in [1.29, 1.82) is 5.26 Å². The number of carbonyl (C=O) groups is 1. The largest absolute Gasteiger partial charge is 0.338 e. The number of nitriles is 1. The van der Waals surface area contributed by atoms with Crippen LogP contribution in [-0.4, -0.2) is 23.4 Å². The van der Waals surface area contributed by atoms with Crippen LogP contribution in [0.5, 0.6) is 0 Å². The van der Waals surface area contributed by atoms with Crippen molar-refractivity contribution >= 4 is 5.91 Å². The molecule has 1 saturated carbocycles. The fourth-order valence-corrected chi connectivity index (χ4v) is 3.46. The maximum Gasteiger partial charge on any atom is 0.240 e. The summed E-state index contributed by atoms with van der Waals surface area (Å²) in [6.07, 6.45) is 7.70. The molecule has 3 atom stereocenters. The van der Waals surface area contributed by atoms with E-state index in [9.17, 15) is 4.79 Å². The summed E-state index contributed by atoms with van der Waals surface area (Å²) in [7, 11) is 0. The highest BCUT2D eigenvalue weighted by molar-refractivity contribution is 5.81. The predicted octanol–water partition coefficient (Wildman–Crippen LogP) is 2.72. The number of fused-ring (bicyclic) bond motifs is 1. The number of hydrogen-bond donors (Lipinski definition) is 0. The lowest BCUT2D eigenvalue weighted by Gasteiger charge is -2.38. The van der Waals surface area contributed by atoms with Crippen LogP contribution >= 0.6 is 0 Å². The quantitative estimate of drug-likeness (QED) is 0.753. The third-order valence-corrected chi connectivity index (χ3v) is 4.31. The molecule has 94 valence electrons. The molecule has 0 aromatic heterocycles. The van der Waals surface area contributed by atoms with Gasteiger partial charge in [0.2, 0.25) is 5.91 Å². The predicted molar refractivity (Wildman–Crippen MR) is 66.1 cm³/mol. The van der Waals surface area contributed by atoms with Gasteiger partial charge in [-0.25, -0.2) is 0 Å². The molecule has 3 unspecified atom stereocenters. The van der Waals surface area contributed by atoms with Gasteiger partial charge in [0.1, 0.15) is 5.92 Å². The topological polar surface area (TPSA) is 44.1 Å². The Kier molecular flexibility index (Phi) is 4.04. The van der Waals surface area contributed by atoms with E-state index in [2.05, 4.69) is 6.07 Å². The van der Waals surface area contributed by atoms with Crippen LogP contribution in [0, 0.1) is 23.2 Å². The fourth-order valence-electron chi connectivity index (χ4n) is 3.46. The molecule has 1 aliphatic heterocycles. The third kappa shape index (κ3) is 2.46. The van der Waals surface area contributed by atoms with Crippen molar-refractivity contribution in [1.82, 2.24) is 4.90 Å². The van der Waals surface area contributed by atoms with Crippen LogP contribution in [0.15, 0.2) is 0 Å². The van der Waals surface area contributed by atoms with Gasteiger partial charge in [-0.05, 0) is 38.0 Å². The van der Waals surface area contributed by atoms with Crippen LogP contribution in [0.4, 0.5) is 0 Å². The molecule has 2 aliphatic rings. The average Bonchev–Trinajstić information content (AvgIpc) is 2.83. The van der Waals surface area contributed by atoms with E-state index in [0.29, 0.717) is 18.4 Å². The summed E-state index contributed by atoms with van der Waals surface area (Å²) in [6, 6.07) is 2.64. The molecule has 2 rings (SSSR count). The van der Waals surface area contributed by atoms with Crippen molar-refractivity contribution in [3.8, 4) is 6.07 Å². The SMILES string of the molecule is CCCC(C#N)C(=O)N1CCCC2CCCC21. The van der Waals surface area contributed by atoms with E-state index in [1.54, 1.807) is 0 Å². The Morgan fingerprint density at radius 2 is 2.18 bits per heavy atom. The van der Waals surface area contributed by atoms with Gasteiger partial charge in [0.05, 0.1) is 6.07 Å². The highest BCUT2D eigenvalue weighted by Gasteiger charge is 2.39. The van der Waals surface area contributed by atoms with Crippen molar-refractivity contribution in [3.63, 3.8) is 0 Å². The molecule has 0 N–H and O–H groups in total. The average molecular weight is 234 g/mol. The molecule has 1 aliphatic carbocycles. The van der Waals surface area contributed by atoms with Gasteiger partial charge in [0, 0.05) is 12.6 Å². The molecule has 17 heavy (non-hydrogen) atoms. The maximum absolute atomic E-state index is 12.4. The van der Waals surface area contributed by atoms with Crippen molar-refractivity contribution in [3.05, 3.63) is 0 Å². The normalized spacial score (nSPS) is 29.5. The molecular weight excluding hydrogens is 212 g/mol. The summed E-state index contributed by atoms with van der Waals surface area (Å²) in [6.45, 7) is 2.91. The van der Waals surface area contributed by atoms with E-state index < -0.39 is 5.92 Å². The van der Waals surface area contributed by atoms with Gasteiger partial charge in [-0.3, -0.25) is 4.79 Å². The van der Waals surface area contributed by atoms with Gasteiger partial charge in [0.25, 0.3) is 0 Å². The summed E-state index contributed by atoms with van der Waals surface area (Å²) in [5, 5.41) is 9.10. The smallest absolute Gasteiger partial charge is 0.240 e. The number of hydrogen-bond acceptors (Lipinski definition) is 2. The monoisotopic (exact) mass is 234 g/mol. The molecule has 3 heteroatoms. The summed E-state index contributed by atoms with van der Waals surface area (Å²) in [5.41, 5.74) is 0. The Hall–Kier alpha value is -1.04. The molecule has 0 radical (unpaired) electrons. The van der Waals surface area contributed by atoms with Crippen molar-refractivity contribution in [2.45, 2.75) is 57.9 Å². The Labute approximate surface area is 104 Å². The number of amides is 1. The Bertz CT molecular complexity index is 321. The fraction of sp³-hybridized carbons (Fsp3) is 0.857. The minimum absolute atomic E-state index is 0.103.